The molecule has 1 fully saturated rings. The fraction of sp³-hybridized carbons (Fsp3) is 0.529. The Morgan fingerprint density at radius 1 is 1.35 bits per heavy atom. The van der Waals surface area contributed by atoms with Crippen LogP contribution in [-0.2, 0) is 4.79 Å². The monoisotopic (exact) mass is 312 g/mol. The van der Waals surface area contributed by atoms with Gasteiger partial charge in [0.2, 0.25) is 5.91 Å². The Kier molecular flexibility index (Phi) is 4.41. The number of aromatic nitrogens is 4. The summed E-state index contributed by atoms with van der Waals surface area (Å²) in [5.41, 5.74) is 0.884. The summed E-state index contributed by atoms with van der Waals surface area (Å²) in [4.78, 5) is 22.3. The summed E-state index contributed by atoms with van der Waals surface area (Å²) in [6.07, 6.45) is 5.26. The fourth-order valence-electron chi connectivity index (χ4n) is 3.02. The third-order valence-corrected chi connectivity index (χ3v) is 4.31. The average molecular weight is 312 g/mol. The molecule has 1 amide bonds. The highest BCUT2D eigenvalue weighted by Gasteiger charge is 2.27. The van der Waals surface area contributed by atoms with Crippen LogP contribution in [0.25, 0.3) is 11.4 Å². The molecule has 0 bridgehead atoms. The third kappa shape index (κ3) is 3.25. The Labute approximate surface area is 136 Å². The summed E-state index contributed by atoms with van der Waals surface area (Å²) >= 11 is 0. The molecule has 1 aliphatic heterocycles. The molecule has 2 aromatic rings. The van der Waals surface area contributed by atoms with E-state index in [0.717, 1.165) is 37.3 Å². The lowest BCUT2D eigenvalue weighted by molar-refractivity contribution is -0.129. The molecule has 0 atom stereocenters. The SMILES string of the molecule is CC(=O)N1CCC(c2nc(-c3c[c]cnc3)nn2C(C)C)CC1. The Morgan fingerprint density at radius 3 is 2.65 bits per heavy atom. The molecule has 23 heavy (non-hydrogen) atoms. The van der Waals surface area contributed by atoms with Crippen molar-refractivity contribution in [1.29, 1.82) is 0 Å². The number of pyridine rings is 1. The van der Waals surface area contributed by atoms with Crippen molar-refractivity contribution in [3.05, 3.63) is 30.4 Å². The van der Waals surface area contributed by atoms with Crippen LogP contribution in [0.2, 0.25) is 0 Å². The van der Waals surface area contributed by atoms with E-state index in [1.54, 1.807) is 19.3 Å². The average Bonchev–Trinajstić information content (AvgIpc) is 3.01. The molecule has 0 spiro atoms. The number of hydrogen-bond donors (Lipinski definition) is 0. The predicted molar refractivity (Wildman–Crippen MR) is 86.7 cm³/mol. The number of piperidine rings is 1. The summed E-state index contributed by atoms with van der Waals surface area (Å²) in [5, 5.41) is 4.67. The van der Waals surface area contributed by atoms with E-state index in [-0.39, 0.29) is 11.9 Å². The maximum atomic E-state index is 11.5. The first-order chi connectivity index (χ1) is 11.1. The molecule has 0 aromatic carbocycles. The van der Waals surface area contributed by atoms with Gasteiger partial charge in [-0.25, -0.2) is 9.67 Å². The second-order valence-electron chi connectivity index (χ2n) is 6.29. The summed E-state index contributed by atoms with van der Waals surface area (Å²) in [5.74, 6) is 2.21. The van der Waals surface area contributed by atoms with E-state index >= 15 is 0 Å². The predicted octanol–water partition coefficient (Wildman–Crippen LogP) is 2.45. The van der Waals surface area contributed by atoms with Crippen molar-refractivity contribution in [2.45, 2.75) is 45.6 Å². The second kappa shape index (κ2) is 6.48. The maximum absolute atomic E-state index is 11.5. The number of rotatable bonds is 3. The number of hydrogen-bond acceptors (Lipinski definition) is 4. The molecule has 2 aromatic heterocycles. The van der Waals surface area contributed by atoms with Crippen molar-refractivity contribution >= 4 is 5.91 Å². The minimum Gasteiger partial charge on any atom is -0.343 e. The van der Waals surface area contributed by atoms with Crippen LogP contribution in [0.5, 0.6) is 0 Å². The minimum atomic E-state index is 0.153. The van der Waals surface area contributed by atoms with E-state index in [1.165, 1.54) is 0 Å². The van der Waals surface area contributed by atoms with Crippen LogP contribution in [-0.4, -0.2) is 43.6 Å². The Balaban J connectivity index is 1.87. The fourth-order valence-corrected chi connectivity index (χ4v) is 3.02. The molecule has 1 saturated heterocycles. The molecular weight excluding hydrogens is 290 g/mol. The topological polar surface area (TPSA) is 63.9 Å². The molecule has 0 aliphatic carbocycles. The van der Waals surface area contributed by atoms with Gasteiger partial charge < -0.3 is 4.90 Å². The molecule has 0 saturated carbocycles. The van der Waals surface area contributed by atoms with Gasteiger partial charge in [-0.15, -0.1) is 0 Å². The number of carbonyl (C=O) groups excluding carboxylic acids is 1. The van der Waals surface area contributed by atoms with Crippen molar-refractivity contribution in [3.8, 4) is 11.4 Å². The summed E-state index contributed by atoms with van der Waals surface area (Å²) in [6.45, 7) is 7.44. The van der Waals surface area contributed by atoms with Gasteiger partial charge in [0.25, 0.3) is 0 Å². The van der Waals surface area contributed by atoms with E-state index in [2.05, 4.69) is 30.0 Å². The zero-order chi connectivity index (χ0) is 16.4. The Bertz CT molecular complexity index is 672. The van der Waals surface area contributed by atoms with Gasteiger partial charge in [-0.1, -0.05) is 0 Å². The van der Waals surface area contributed by atoms with Crippen LogP contribution in [0.3, 0.4) is 0 Å². The van der Waals surface area contributed by atoms with E-state index < -0.39 is 0 Å². The van der Waals surface area contributed by atoms with Gasteiger partial charge in [0, 0.05) is 56.0 Å². The van der Waals surface area contributed by atoms with Crippen molar-refractivity contribution in [3.63, 3.8) is 0 Å². The lowest BCUT2D eigenvalue weighted by Gasteiger charge is -2.31. The smallest absolute Gasteiger partial charge is 0.219 e. The van der Waals surface area contributed by atoms with E-state index in [4.69, 9.17) is 4.98 Å². The van der Waals surface area contributed by atoms with Crippen LogP contribution in [0, 0.1) is 6.07 Å². The van der Waals surface area contributed by atoms with Gasteiger partial charge >= 0.3 is 0 Å². The number of nitrogens with zero attached hydrogens (tertiary/aromatic N) is 5. The first kappa shape index (κ1) is 15.6. The molecule has 1 radical (unpaired) electrons. The van der Waals surface area contributed by atoms with E-state index in [1.807, 2.05) is 15.6 Å². The summed E-state index contributed by atoms with van der Waals surface area (Å²) in [7, 11) is 0. The zero-order valence-corrected chi connectivity index (χ0v) is 13.9. The molecule has 6 nitrogen and oxygen atoms in total. The van der Waals surface area contributed by atoms with Crippen LogP contribution in [0.4, 0.5) is 0 Å². The molecule has 121 valence electrons. The Hall–Kier alpha value is -2.24. The van der Waals surface area contributed by atoms with Crippen LogP contribution < -0.4 is 0 Å². The molecule has 0 unspecified atom stereocenters. The van der Waals surface area contributed by atoms with Gasteiger partial charge in [-0.2, -0.15) is 5.10 Å². The van der Waals surface area contributed by atoms with Gasteiger partial charge in [0.05, 0.1) is 0 Å². The molecule has 0 N–H and O–H groups in total. The largest absolute Gasteiger partial charge is 0.343 e. The number of carbonyl (C=O) groups is 1. The van der Waals surface area contributed by atoms with Crippen molar-refractivity contribution in [2.24, 2.45) is 0 Å². The maximum Gasteiger partial charge on any atom is 0.219 e. The van der Waals surface area contributed by atoms with Crippen LogP contribution in [0.15, 0.2) is 18.5 Å². The molecule has 6 heteroatoms. The van der Waals surface area contributed by atoms with Gasteiger partial charge in [-0.05, 0) is 32.8 Å². The minimum absolute atomic E-state index is 0.153. The Morgan fingerprint density at radius 2 is 2.09 bits per heavy atom. The molecule has 1 aliphatic rings. The highest BCUT2D eigenvalue weighted by atomic mass is 16.2. The van der Waals surface area contributed by atoms with Crippen LogP contribution >= 0.6 is 0 Å². The molecular formula is C17H22N5O. The van der Waals surface area contributed by atoms with Crippen molar-refractivity contribution in [2.75, 3.05) is 13.1 Å². The third-order valence-electron chi connectivity index (χ3n) is 4.31. The summed E-state index contributed by atoms with van der Waals surface area (Å²) < 4.78 is 2.01. The second-order valence-corrected chi connectivity index (χ2v) is 6.29. The van der Waals surface area contributed by atoms with Crippen LogP contribution in [0.1, 0.15) is 51.4 Å². The van der Waals surface area contributed by atoms with Crippen molar-refractivity contribution in [1.82, 2.24) is 24.6 Å². The quantitative estimate of drug-likeness (QED) is 0.873. The van der Waals surface area contributed by atoms with Gasteiger partial charge in [0.1, 0.15) is 5.82 Å². The van der Waals surface area contributed by atoms with Gasteiger partial charge in [-0.3, -0.25) is 9.78 Å². The zero-order valence-electron chi connectivity index (χ0n) is 13.9. The van der Waals surface area contributed by atoms with Crippen molar-refractivity contribution < 1.29 is 4.79 Å². The standard InChI is InChI=1S/C17H22N5O/c1-12(2)22-17(14-6-9-21(10-7-14)13(3)23)19-16(20-22)15-5-4-8-18-11-15/h5,8,11-12,14H,6-7,9-10H2,1-3H3. The lowest BCUT2D eigenvalue weighted by Crippen LogP contribution is -2.37. The number of amides is 1. The van der Waals surface area contributed by atoms with E-state index in [0.29, 0.717) is 11.7 Å². The molecule has 3 heterocycles. The lowest BCUT2D eigenvalue weighted by atomic mass is 9.95. The first-order valence-corrected chi connectivity index (χ1v) is 8.09. The van der Waals surface area contributed by atoms with Gasteiger partial charge in [0.15, 0.2) is 5.82 Å². The highest BCUT2D eigenvalue weighted by molar-refractivity contribution is 5.73. The number of likely N-dealkylation sites (tertiary alicyclic amines) is 1. The normalized spacial score (nSPS) is 16.1. The highest BCUT2D eigenvalue weighted by Crippen LogP contribution is 2.30. The first-order valence-electron chi connectivity index (χ1n) is 8.09. The van der Waals surface area contributed by atoms with E-state index in [9.17, 15) is 4.79 Å². The summed E-state index contributed by atoms with van der Waals surface area (Å²) in [6, 6.07) is 5.07. The molecule has 3 rings (SSSR count).